The number of carbonyl (C=O) groups is 2. The summed E-state index contributed by atoms with van der Waals surface area (Å²) in [4.78, 5) is 33.4. The van der Waals surface area contributed by atoms with Gasteiger partial charge in [0, 0.05) is 31.1 Å². The van der Waals surface area contributed by atoms with Crippen molar-refractivity contribution in [2.45, 2.75) is 51.3 Å². The molecule has 7 nitrogen and oxygen atoms in total. The van der Waals surface area contributed by atoms with Crippen LogP contribution in [0.15, 0.2) is 30.3 Å². The number of piperazine rings is 1. The maximum Gasteiger partial charge on any atom is 0.241 e. The van der Waals surface area contributed by atoms with Crippen LogP contribution in [0.2, 0.25) is 0 Å². The first-order chi connectivity index (χ1) is 15.7. The Bertz CT molecular complexity index is 1040. The van der Waals surface area contributed by atoms with Crippen LogP contribution in [-0.4, -0.2) is 65.4 Å². The standard InChI is InChI=1S/C25H31FN4O3/c1-16-11-29(20(13-31)10-27-16)12-23(33)30-15-25(2,3)24-22(30)9-18(21(14-32)28-24)8-17-4-6-19(26)7-5-17/h4-7,9,13,16,20,27,32H,8,10-12,14-15H2,1-3H3/t16-,20-/m1/s1. The van der Waals surface area contributed by atoms with Crippen molar-refractivity contribution in [3.05, 3.63) is 58.7 Å². The minimum absolute atomic E-state index is 0.0749. The smallest absolute Gasteiger partial charge is 0.241 e. The molecule has 2 atom stereocenters. The molecule has 0 unspecified atom stereocenters. The van der Waals surface area contributed by atoms with Gasteiger partial charge >= 0.3 is 0 Å². The van der Waals surface area contributed by atoms with Gasteiger partial charge in [-0.05, 0) is 42.7 Å². The predicted molar refractivity (Wildman–Crippen MR) is 124 cm³/mol. The SMILES string of the molecule is C[C@@H]1CN(CC(=O)N2CC(C)(C)c3nc(CO)c(Cc4ccc(F)cc4)cc32)[C@@H](C=O)CN1. The number of aliphatic hydroxyl groups is 1. The molecule has 2 aliphatic heterocycles. The van der Waals surface area contributed by atoms with Gasteiger partial charge in [0.25, 0.3) is 0 Å². The quantitative estimate of drug-likeness (QED) is 0.648. The summed E-state index contributed by atoms with van der Waals surface area (Å²) in [5, 5.41) is 13.2. The van der Waals surface area contributed by atoms with Crippen LogP contribution in [0.3, 0.4) is 0 Å². The molecule has 0 bridgehead atoms. The molecule has 8 heteroatoms. The summed E-state index contributed by atoms with van der Waals surface area (Å²) in [5.74, 6) is -0.378. The van der Waals surface area contributed by atoms with Crippen molar-refractivity contribution in [1.29, 1.82) is 0 Å². The molecule has 0 radical (unpaired) electrons. The summed E-state index contributed by atoms with van der Waals surface area (Å²) in [5.41, 5.74) is 3.42. The van der Waals surface area contributed by atoms with Crippen molar-refractivity contribution >= 4 is 17.9 Å². The lowest BCUT2D eigenvalue weighted by Crippen LogP contribution is -2.58. The van der Waals surface area contributed by atoms with Gasteiger partial charge in [0.15, 0.2) is 0 Å². The number of anilines is 1. The molecule has 1 aromatic heterocycles. The van der Waals surface area contributed by atoms with Crippen molar-refractivity contribution in [1.82, 2.24) is 15.2 Å². The molecule has 0 aliphatic carbocycles. The molecule has 1 fully saturated rings. The third kappa shape index (κ3) is 4.83. The Hall–Kier alpha value is -2.68. The summed E-state index contributed by atoms with van der Waals surface area (Å²) < 4.78 is 13.3. The van der Waals surface area contributed by atoms with E-state index in [4.69, 9.17) is 4.98 Å². The average molecular weight is 455 g/mol. The van der Waals surface area contributed by atoms with Gasteiger partial charge in [-0.15, -0.1) is 0 Å². The Morgan fingerprint density at radius 1 is 1.33 bits per heavy atom. The molecular weight excluding hydrogens is 423 g/mol. The van der Waals surface area contributed by atoms with Crippen LogP contribution in [0.25, 0.3) is 0 Å². The van der Waals surface area contributed by atoms with E-state index in [1.807, 2.05) is 31.7 Å². The van der Waals surface area contributed by atoms with Crippen LogP contribution in [0.1, 0.15) is 43.3 Å². The number of hydrogen-bond acceptors (Lipinski definition) is 6. The second kappa shape index (κ2) is 9.29. The highest BCUT2D eigenvalue weighted by Gasteiger charge is 2.41. The van der Waals surface area contributed by atoms with E-state index in [0.717, 1.165) is 28.8 Å². The van der Waals surface area contributed by atoms with Crippen molar-refractivity contribution < 1.29 is 19.1 Å². The molecule has 33 heavy (non-hydrogen) atoms. The number of pyridine rings is 1. The second-order valence-corrected chi connectivity index (χ2v) is 9.73. The number of aliphatic hydroxyl groups excluding tert-OH is 1. The monoisotopic (exact) mass is 454 g/mol. The molecule has 1 amide bonds. The van der Waals surface area contributed by atoms with E-state index in [2.05, 4.69) is 5.32 Å². The Labute approximate surface area is 193 Å². The van der Waals surface area contributed by atoms with E-state index < -0.39 is 0 Å². The molecule has 2 aromatic rings. The predicted octanol–water partition coefficient (Wildman–Crippen LogP) is 1.79. The Morgan fingerprint density at radius 3 is 2.73 bits per heavy atom. The first-order valence-corrected chi connectivity index (χ1v) is 11.3. The maximum absolute atomic E-state index is 13.4. The third-order valence-electron chi connectivity index (χ3n) is 6.56. The molecule has 176 valence electrons. The normalized spacial score (nSPS) is 22.3. The van der Waals surface area contributed by atoms with Crippen LogP contribution in [0.4, 0.5) is 10.1 Å². The zero-order valence-electron chi connectivity index (χ0n) is 19.3. The maximum atomic E-state index is 13.4. The number of fused-ring (bicyclic) bond motifs is 1. The van der Waals surface area contributed by atoms with Crippen molar-refractivity contribution in [3.63, 3.8) is 0 Å². The van der Waals surface area contributed by atoms with E-state index in [9.17, 15) is 19.1 Å². The Morgan fingerprint density at radius 2 is 2.06 bits per heavy atom. The van der Waals surface area contributed by atoms with Gasteiger partial charge in [-0.2, -0.15) is 0 Å². The van der Waals surface area contributed by atoms with Gasteiger partial charge < -0.3 is 20.1 Å². The van der Waals surface area contributed by atoms with E-state index >= 15 is 0 Å². The summed E-state index contributed by atoms with van der Waals surface area (Å²) in [7, 11) is 0. The van der Waals surface area contributed by atoms with Crippen LogP contribution in [0, 0.1) is 5.82 Å². The molecule has 1 saturated heterocycles. The van der Waals surface area contributed by atoms with Crippen molar-refractivity contribution in [2.75, 3.05) is 31.1 Å². The number of halogens is 1. The molecule has 0 saturated carbocycles. The van der Waals surface area contributed by atoms with E-state index in [1.165, 1.54) is 12.1 Å². The highest BCUT2D eigenvalue weighted by atomic mass is 19.1. The van der Waals surface area contributed by atoms with E-state index in [-0.39, 0.29) is 42.4 Å². The number of amides is 1. The van der Waals surface area contributed by atoms with Crippen LogP contribution in [-0.2, 0) is 28.0 Å². The number of rotatable bonds is 6. The van der Waals surface area contributed by atoms with Gasteiger partial charge in [-0.3, -0.25) is 14.7 Å². The van der Waals surface area contributed by atoms with E-state index in [0.29, 0.717) is 31.7 Å². The van der Waals surface area contributed by atoms with Crippen molar-refractivity contribution in [2.24, 2.45) is 0 Å². The number of aromatic nitrogens is 1. The average Bonchev–Trinajstić information content (AvgIpc) is 3.05. The van der Waals surface area contributed by atoms with Gasteiger partial charge in [-0.25, -0.2) is 4.39 Å². The first kappa shape index (κ1) is 23.5. The Balaban J connectivity index is 1.64. The highest BCUT2D eigenvalue weighted by molar-refractivity contribution is 5.97. The summed E-state index contributed by atoms with van der Waals surface area (Å²) in [6.07, 6.45) is 1.37. The number of carbonyl (C=O) groups excluding carboxylic acids is 2. The minimum Gasteiger partial charge on any atom is -0.390 e. The fraction of sp³-hybridized carbons (Fsp3) is 0.480. The van der Waals surface area contributed by atoms with Crippen molar-refractivity contribution in [3.8, 4) is 0 Å². The lowest BCUT2D eigenvalue weighted by molar-refractivity contribution is -0.122. The number of benzene rings is 1. The van der Waals surface area contributed by atoms with Crippen LogP contribution in [0.5, 0.6) is 0 Å². The molecule has 3 heterocycles. The summed E-state index contributed by atoms with van der Waals surface area (Å²) >= 11 is 0. The molecule has 2 aliphatic rings. The first-order valence-electron chi connectivity index (χ1n) is 11.3. The van der Waals surface area contributed by atoms with Gasteiger partial charge in [0.1, 0.15) is 12.1 Å². The molecule has 0 spiro atoms. The minimum atomic E-state index is -0.371. The number of nitrogens with one attached hydrogen (secondary N) is 1. The number of hydrogen-bond donors (Lipinski definition) is 2. The van der Waals surface area contributed by atoms with Gasteiger partial charge in [0.05, 0.1) is 36.3 Å². The number of aldehydes is 1. The van der Waals surface area contributed by atoms with Gasteiger partial charge in [0.2, 0.25) is 5.91 Å². The zero-order chi connectivity index (χ0) is 23.8. The van der Waals surface area contributed by atoms with Gasteiger partial charge in [-0.1, -0.05) is 26.0 Å². The fourth-order valence-electron chi connectivity index (χ4n) is 4.75. The molecule has 1 aromatic carbocycles. The lowest BCUT2D eigenvalue weighted by Gasteiger charge is -2.36. The second-order valence-electron chi connectivity index (χ2n) is 9.73. The summed E-state index contributed by atoms with van der Waals surface area (Å²) in [6, 6.07) is 8.04. The van der Waals surface area contributed by atoms with Crippen LogP contribution < -0.4 is 10.2 Å². The highest BCUT2D eigenvalue weighted by Crippen LogP contribution is 2.40. The Kier molecular flexibility index (Phi) is 6.61. The molecular formula is C25H31FN4O3. The van der Waals surface area contributed by atoms with Crippen LogP contribution >= 0.6 is 0 Å². The zero-order valence-corrected chi connectivity index (χ0v) is 19.3. The topological polar surface area (TPSA) is 85.8 Å². The molecule has 2 N–H and O–H groups in total. The largest absolute Gasteiger partial charge is 0.390 e. The third-order valence-corrected chi connectivity index (χ3v) is 6.56. The molecule has 4 rings (SSSR count). The fourth-order valence-corrected chi connectivity index (χ4v) is 4.75. The summed E-state index contributed by atoms with van der Waals surface area (Å²) in [6.45, 7) is 7.68. The lowest BCUT2D eigenvalue weighted by atomic mass is 9.90. The van der Waals surface area contributed by atoms with E-state index in [1.54, 1.807) is 17.0 Å². The number of nitrogens with zero attached hydrogens (tertiary/aromatic N) is 3.